The van der Waals surface area contributed by atoms with Gasteiger partial charge in [0.25, 0.3) is 0 Å². The van der Waals surface area contributed by atoms with E-state index in [1.165, 1.54) is 205 Å². The lowest BCUT2D eigenvalue weighted by atomic mass is 9.98. The summed E-state index contributed by atoms with van der Waals surface area (Å²) in [6.07, 6.45) is 41.6. The average Bonchev–Trinajstić information content (AvgIpc) is 3.33. The molecule has 1 aliphatic rings. The van der Waals surface area contributed by atoms with Crippen molar-refractivity contribution in [3.05, 3.63) is 0 Å². The Morgan fingerprint density at radius 2 is 0.776 bits per heavy atom. The number of hydrogen-bond donors (Lipinski definition) is 8. The molecule has 8 N–H and O–H groups in total. The molecule has 11 nitrogen and oxygen atoms in total. The molecule has 11 heteroatoms. The first-order valence-electron chi connectivity index (χ1n) is 28.9. The van der Waals surface area contributed by atoms with Crippen LogP contribution in [0.3, 0.4) is 0 Å². The smallest absolute Gasteiger partial charge is 0.249 e. The number of carbonyl (C=O) groups excluding carboxylic acids is 1. The largest absolute Gasteiger partial charge is 0.394 e. The van der Waals surface area contributed by atoms with E-state index in [4.69, 9.17) is 9.47 Å². The summed E-state index contributed by atoms with van der Waals surface area (Å²) in [5.74, 6) is -0.698. The first-order valence-corrected chi connectivity index (χ1v) is 28.9. The molecule has 0 bridgehead atoms. The number of ether oxygens (including phenoxy) is 2. The molecule has 0 aromatic carbocycles. The van der Waals surface area contributed by atoms with Gasteiger partial charge in [-0.05, 0) is 12.8 Å². The first-order chi connectivity index (χ1) is 32.7. The summed E-state index contributed by atoms with van der Waals surface area (Å²) in [6, 6.07) is -1.16. The van der Waals surface area contributed by atoms with Crippen molar-refractivity contribution in [2.24, 2.45) is 0 Å². The zero-order valence-corrected chi connectivity index (χ0v) is 43.7. The lowest BCUT2D eigenvalue weighted by molar-refractivity contribution is -0.303. The van der Waals surface area contributed by atoms with Crippen LogP contribution in [0.15, 0.2) is 0 Å². The minimum atomic E-state index is -1.65. The van der Waals surface area contributed by atoms with Crippen molar-refractivity contribution in [1.82, 2.24) is 5.32 Å². The molecule has 1 amide bonds. The van der Waals surface area contributed by atoms with E-state index < -0.39 is 74.2 Å². The van der Waals surface area contributed by atoms with E-state index >= 15 is 0 Å². The van der Waals surface area contributed by atoms with E-state index in [-0.39, 0.29) is 6.42 Å². The number of carbonyl (C=O) groups is 1. The highest BCUT2D eigenvalue weighted by Crippen LogP contribution is 2.24. The fraction of sp³-hybridized carbons (Fsp3) is 0.982. The monoisotopic (exact) mass is 958 g/mol. The average molecular weight is 959 g/mol. The predicted octanol–water partition coefficient (Wildman–Crippen LogP) is 11.8. The molecular formula is C56H111NO10. The Morgan fingerprint density at radius 3 is 1.12 bits per heavy atom. The van der Waals surface area contributed by atoms with E-state index in [1.54, 1.807) is 0 Å². The van der Waals surface area contributed by atoms with Crippen LogP contribution in [0.1, 0.15) is 284 Å². The van der Waals surface area contributed by atoms with Crippen LogP contribution < -0.4 is 5.32 Å². The van der Waals surface area contributed by atoms with Crippen LogP contribution in [0.2, 0.25) is 0 Å². The molecule has 0 radical (unpaired) electrons. The molecule has 9 atom stereocenters. The highest BCUT2D eigenvalue weighted by atomic mass is 16.7. The Kier molecular flexibility index (Phi) is 44.2. The maximum atomic E-state index is 13.0. The van der Waals surface area contributed by atoms with Gasteiger partial charge in [0.15, 0.2) is 6.29 Å². The molecule has 9 unspecified atom stereocenters. The van der Waals surface area contributed by atoms with Crippen LogP contribution in [-0.2, 0) is 14.3 Å². The van der Waals surface area contributed by atoms with Gasteiger partial charge in [-0.1, -0.05) is 271 Å². The van der Waals surface area contributed by atoms with Gasteiger partial charge in [0.05, 0.1) is 25.4 Å². The number of nitrogens with one attached hydrogen (secondary N) is 1. The number of rotatable bonds is 50. The van der Waals surface area contributed by atoms with Gasteiger partial charge in [-0.2, -0.15) is 0 Å². The van der Waals surface area contributed by atoms with Gasteiger partial charge in [0.2, 0.25) is 5.91 Å². The Balaban J connectivity index is 1.99. The minimum absolute atomic E-state index is 0.265. The number of hydrogen-bond acceptors (Lipinski definition) is 10. The SMILES string of the molecule is CCCCCCCCCCCCCCCCCCCCCCCCCCCCCCCCCCCCCCC(O)C(=O)NC(COC1OC(CO)C(O)C(O)C1O)C(O)C(O)CCCCCC. The lowest BCUT2D eigenvalue weighted by Gasteiger charge is -2.40. The number of amides is 1. The third-order valence-electron chi connectivity index (χ3n) is 14.4. The molecular weight excluding hydrogens is 847 g/mol. The molecule has 67 heavy (non-hydrogen) atoms. The third-order valence-corrected chi connectivity index (χ3v) is 14.4. The maximum absolute atomic E-state index is 13.0. The summed E-state index contributed by atoms with van der Waals surface area (Å²) in [5.41, 5.74) is 0. The van der Waals surface area contributed by atoms with Crippen LogP contribution in [0, 0.1) is 0 Å². The second-order valence-corrected chi connectivity index (χ2v) is 20.7. The molecule has 0 aromatic heterocycles. The molecule has 1 fully saturated rings. The van der Waals surface area contributed by atoms with Gasteiger partial charge in [-0.15, -0.1) is 0 Å². The second kappa shape index (κ2) is 46.2. The zero-order chi connectivity index (χ0) is 49.0. The van der Waals surface area contributed by atoms with Crippen LogP contribution in [0.5, 0.6) is 0 Å². The molecule has 1 heterocycles. The Bertz CT molecular complexity index is 1050. The van der Waals surface area contributed by atoms with Gasteiger partial charge >= 0.3 is 0 Å². The van der Waals surface area contributed by atoms with Crippen molar-refractivity contribution in [1.29, 1.82) is 0 Å². The second-order valence-electron chi connectivity index (χ2n) is 20.7. The van der Waals surface area contributed by atoms with E-state index in [0.717, 1.165) is 38.5 Å². The van der Waals surface area contributed by atoms with Crippen LogP contribution >= 0.6 is 0 Å². The summed E-state index contributed by atoms with van der Waals surface area (Å²) < 4.78 is 11.0. The van der Waals surface area contributed by atoms with Crippen molar-refractivity contribution in [3.63, 3.8) is 0 Å². The standard InChI is InChI=1S/C56H111NO10/c1-3-5-7-9-10-11-12-13-14-15-16-17-18-19-20-21-22-23-24-25-26-27-28-29-30-31-32-33-34-35-36-37-38-39-40-42-44-49(60)55(65)57-47(51(61)48(59)43-41-8-6-4-2)46-66-56-54(64)53(63)52(62)50(45-58)67-56/h47-54,56,58-64H,3-46H2,1-2H3,(H,57,65). The Morgan fingerprint density at radius 1 is 0.463 bits per heavy atom. The van der Waals surface area contributed by atoms with E-state index in [9.17, 15) is 40.5 Å². The quantitative estimate of drug-likeness (QED) is 0.0273. The van der Waals surface area contributed by atoms with Crippen molar-refractivity contribution in [3.8, 4) is 0 Å². The molecule has 1 aliphatic heterocycles. The number of aliphatic hydroxyl groups excluding tert-OH is 7. The maximum Gasteiger partial charge on any atom is 0.249 e. The normalized spacial score (nSPS) is 20.5. The van der Waals surface area contributed by atoms with Crippen LogP contribution in [0.4, 0.5) is 0 Å². The zero-order valence-electron chi connectivity index (χ0n) is 43.7. The summed E-state index contributed by atoms with van der Waals surface area (Å²) in [7, 11) is 0. The molecule has 0 spiro atoms. The molecule has 400 valence electrons. The molecule has 0 aliphatic carbocycles. The molecule has 0 aromatic rings. The fourth-order valence-electron chi connectivity index (χ4n) is 9.68. The lowest BCUT2D eigenvalue weighted by Crippen LogP contribution is -2.60. The molecule has 1 saturated heterocycles. The summed E-state index contributed by atoms with van der Waals surface area (Å²) in [6.45, 7) is 3.32. The topological polar surface area (TPSA) is 189 Å². The van der Waals surface area contributed by atoms with Crippen molar-refractivity contribution in [2.45, 2.75) is 339 Å². The third kappa shape index (κ3) is 35.0. The van der Waals surface area contributed by atoms with Crippen LogP contribution in [0.25, 0.3) is 0 Å². The Hall–Kier alpha value is -0.890. The van der Waals surface area contributed by atoms with E-state index in [0.29, 0.717) is 19.3 Å². The van der Waals surface area contributed by atoms with Crippen LogP contribution in [-0.4, -0.2) is 110 Å². The highest BCUT2D eigenvalue weighted by molar-refractivity contribution is 5.80. The van der Waals surface area contributed by atoms with E-state index in [2.05, 4.69) is 19.2 Å². The van der Waals surface area contributed by atoms with E-state index in [1.807, 2.05) is 0 Å². The summed E-state index contributed by atoms with van der Waals surface area (Å²) in [5, 5.41) is 75.1. The van der Waals surface area contributed by atoms with Crippen molar-refractivity contribution in [2.75, 3.05) is 13.2 Å². The van der Waals surface area contributed by atoms with Crippen molar-refractivity contribution >= 4 is 5.91 Å². The minimum Gasteiger partial charge on any atom is -0.394 e. The van der Waals surface area contributed by atoms with Gasteiger partial charge in [0, 0.05) is 0 Å². The summed E-state index contributed by atoms with van der Waals surface area (Å²) in [4.78, 5) is 13.0. The number of aliphatic hydroxyl groups is 7. The van der Waals surface area contributed by atoms with Gasteiger partial charge < -0.3 is 50.5 Å². The number of unbranched alkanes of at least 4 members (excludes halogenated alkanes) is 38. The molecule has 0 saturated carbocycles. The Labute approximate surface area is 411 Å². The van der Waals surface area contributed by atoms with Gasteiger partial charge in [0.1, 0.15) is 36.6 Å². The summed E-state index contributed by atoms with van der Waals surface area (Å²) >= 11 is 0. The first kappa shape index (κ1) is 64.1. The molecule has 1 rings (SSSR count). The fourth-order valence-corrected chi connectivity index (χ4v) is 9.68. The predicted molar refractivity (Wildman–Crippen MR) is 275 cm³/mol. The van der Waals surface area contributed by atoms with Gasteiger partial charge in [-0.3, -0.25) is 4.79 Å². The highest BCUT2D eigenvalue weighted by Gasteiger charge is 2.44. The van der Waals surface area contributed by atoms with Gasteiger partial charge in [-0.25, -0.2) is 0 Å². The van der Waals surface area contributed by atoms with Crippen molar-refractivity contribution < 1.29 is 50.0 Å².